The summed E-state index contributed by atoms with van der Waals surface area (Å²) in [4.78, 5) is 4.71. The van der Waals surface area contributed by atoms with E-state index in [9.17, 15) is 13.2 Å². The normalized spacial score (nSPS) is 21.3. The SMILES string of the molecule is CCN(C)C1CCN(C(C)c2ccc(OC(F)(F)F)cc2)C1. The standard InChI is InChI=1S/C16H23F3N2O/c1-4-20(3)14-9-10-21(11-14)12(2)13-5-7-15(8-6-13)22-16(17,18)19/h5-8,12,14H,4,9-11H2,1-3H3. The molecule has 6 heteroatoms. The molecule has 2 unspecified atom stereocenters. The highest BCUT2D eigenvalue weighted by Crippen LogP contribution is 2.29. The minimum Gasteiger partial charge on any atom is -0.406 e. The summed E-state index contributed by atoms with van der Waals surface area (Å²) in [5.41, 5.74) is 1.01. The van der Waals surface area contributed by atoms with E-state index in [1.165, 1.54) is 12.1 Å². The van der Waals surface area contributed by atoms with E-state index in [0.29, 0.717) is 6.04 Å². The molecule has 1 saturated heterocycles. The van der Waals surface area contributed by atoms with Gasteiger partial charge < -0.3 is 9.64 Å². The predicted molar refractivity (Wildman–Crippen MR) is 79.8 cm³/mol. The zero-order valence-corrected chi connectivity index (χ0v) is 13.2. The number of rotatable bonds is 5. The lowest BCUT2D eigenvalue weighted by Crippen LogP contribution is -2.35. The van der Waals surface area contributed by atoms with Crippen molar-refractivity contribution in [1.82, 2.24) is 9.80 Å². The van der Waals surface area contributed by atoms with Gasteiger partial charge in [-0.05, 0) is 44.6 Å². The molecule has 0 saturated carbocycles. The average molecular weight is 316 g/mol. The van der Waals surface area contributed by atoms with E-state index in [1.807, 2.05) is 0 Å². The number of likely N-dealkylation sites (tertiary alicyclic amines) is 1. The number of ether oxygens (including phenoxy) is 1. The Bertz CT molecular complexity index is 475. The summed E-state index contributed by atoms with van der Waals surface area (Å²) in [5.74, 6) is -0.173. The third kappa shape index (κ3) is 4.36. The van der Waals surface area contributed by atoms with Gasteiger partial charge in [-0.2, -0.15) is 0 Å². The van der Waals surface area contributed by atoms with Gasteiger partial charge in [0.15, 0.2) is 0 Å². The molecule has 1 fully saturated rings. The molecule has 1 aromatic carbocycles. The zero-order chi connectivity index (χ0) is 16.3. The highest BCUT2D eigenvalue weighted by Gasteiger charge is 2.31. The first-order valence-electron chi connectivity index (χ1n) is 7.60. The number of likely N-dealkylation sites (N-methyl/N-ethyl adjacent to an activating group) is 1. The van der Waals surface area contributed by atoms with Crippen molar-refractivity contribution in [2.45, 2.75) is 38.7 Å². The number of halogens is 3. The van der Waals surface area contributed by atoms with Gasteiger partial charge in [-0.3, -0.25) is 4.90 Å². The van der Waals surface area contributed by atoms with Crippen LogP contribution in [0.4, 0.5) is 13.2 Å². The molecule has 1 heterocycles. The van der Waals surface area contributed by atoms with Crippen molar-refractivity contribution in [2.75, 3.05) is 26.7 Å². The van der Waals surface area contributed by atoms with Crippen molar-refractivity contribution in [3.8, 4) is 5.75 Å². The molecule has 2 rings (SSSR count). The van der Waals surface area contributed by atoms with Crippen molar-refractivity contribution in [1.29, 1.82) is 0 Å². The fourth-order valence-corrected chi connectivity index (χ4v) is 2.90. The van der Waals surface area contributed by atoms with Crippen LogP contribution in [0.25, 0.3) is 0 Å². The van der Waals surface area contributed by atoms with E-state index in [-0.39, 0.29) is 11.8 Å². The Kier molecular flexibility index (Phi) is 5.34. The predicted octanol–water partition coefficient (Wildman–Crippen LogP) is 3.67. The molecule has 1 aliphatic heterocycles. The summed E-state index contributed by atoms with van der Waals surface area (Å²) in [5, 5.41) is 0. The largest absolute Gasteiger partial charge is 0.573 e. The second kappa shape index (κ2) is 6.87. The first-order chi connectivity index (χ1) is 10.3. The molecule has 1 aromatic rings. The van der Waals surface area contributed by atoms with Crippen LogP contribution >= 0.6 is 0 Å². The fraction of sp³-hybridized carbons (Fsp3) is 0.625. The topological polar surface area (TPSA) is 15.7 Å². The summed E-state index contributed by atoms with van der Waals surface area (Å²) >= 11 is 0. The van der Waals surface area contributed by atoms with Crippen molar-refractivity contribution < 1.29 is 17.9 Å². The quantitative estimate of drug-likeness (QED) is 0.824. The molecule has 1 aliphatic rings. The Morgan fingerprint density at radius 2 is 1.95 bits per heavy atom. The lowest BCUT2D eigenvalue weighted by atomic mass is 10.1. The molecule has 2 atom stereocenters. The Hall–Kier alpha value is -1.27. The average Bonchev–Trinajstić information content (AvgIpc) is 2.94. The van der Waals surface area contributed by atoms with Crippen molar-refractivity contribution in [2.24, 2.45) is 0 Å². The van der Waals surface area contributed by atoms with Gasteiger partial charge in [0, 0.05) is 25.2 Å². The van der Waals surface area contributed by atoms with E-state index in [4.69, 9.17) is 0 Å². The molecule has 0 amide bonds. The second-order valence-corrected chi connectivity index (χ2v) is 5.80. The highest BCUT2D eigenvalue weighted by atomic mass is 19.4. The lowest BCUT2D eigenvalue weighted by Gasteiger charge is -2.27. The van der Waals surface area contributed by atoms with Gasteiger partial charge in [-0.1, -0.05) is 19.1 Å². The highest BCUT2D eigenvalue weighted by molar-refractivity contribution is 5.29. The fourth-order valence-electron chi connectivity index (χ4n) is 2.90. The van der Waals surface area contributed by atoms with E-state index in [0.717, 1.165) is 31.6 Å². The van der Waals surface area contributed by atoms with Gasteiger partial charge in [-0.25, -0.2) is 0 Å². The van der Waals surface area contributed by atoms with Crippen LogP contribution in [0.1, 0.15) is 31.9 Å². The maximum absolute atomic E-state index is 12.2. The second-order valence-electron chi connectivity index (χ2n) is 5.80. The van der Waals surface area contributed by atoms with Crippen molar-refractivity contribution in [3.63, 3.8) is 0 Å². The number of alkyl halides is 3. The molecule has 0 aliphatic carbocycles. The number of hydrogen-bond donors (Lipinski definition) is 0. The molecule has 0 bridgehead atoms. The maximum atomic E-state index is 12.2. The summed E-state index contributed by atoms with van der Waals surface area (Å²) < 4.78 is 40.4. The van der Waals surface area contributed by atoms with Crippen LogP contribution in [-0.4, -0.2) is 48.9 Å². The summed E-state index contributed by atoms with van der Waals surface area (Å²) in [6, 6.07) is 6.93. The summed E-state index contributed by atoms with van der Waals surface area (Å²) in [6.45, 7) is 7.26. The summed E-state index contributed by atoms with van der Waals surface area (Å²) in [7, 11) is 2.13. The van der Waals surface area contributed by atoms with E-state index in [1.54, 1.807) is 12.1 Å². The van der Waals surface area contributed by atoms with Crippen LogP contribution < -0.4 is 4.74 Å². The van der Waals surface area contributed by atoms with Crippen LogP contribution in [0, 0.1) is 0 Å². The van der Waals surface area contributed by atoms with E-state index >= 15 is 0 Å². The van der Waals surface area contributed by atoms with Crippen LogP contribution in [0.3, 0.4) is 0 Å². The molecule has 3 nitrogen and oxygen atoms in total. The van der Waals surface area contributed by atoms with Gasteiger partial charge in [0.2, 0.25) is 0 Å². The van der Waals surface area contributed by atoms with Crippen LogP contribution in [0.5, 0.6) is 5.75 Å². The molecule has 124 valence electrons. The monoisotopic (exact) mass is 316 g/mol. The first kappa shape index (κ1) is 17.1. The molecule has 0 aromatic heterocycles. The third-order valence-electron chi connectivity index (χ3n) is 4.46. The van der Waals surface area contributed by atoms with Gasteiger partial charge in [-0.15, -0.1) is 13.2 Å². The van der Waals surface area contributed by atoms with Crippen LogP contribution in [0.15, 0.2) is 24.3 Å². The Morgan fingerprint density at radius 1 is 1.32 bits per heavy atom. The van der Waals surface area contributed by atoms with E-state index < -0.39 is 6.36 Å². The van der Waals surface area contributed by atoms with Crippen LogP contribution in [0.2, 0.25) is 0 Å². The number of benzene rings is 1. The number of nitrogens with zero attached hydrogens (tertiary/aromatic N) is 2. The molecular weight excluding hydrogens is 293 g/mol. The lowest BCUT2D eigenvalue weighted by molar-refractivity contribution is -0.274. The maximum Gasteiger partial charge on any atom is 0.573 e. The summed E-state index contributed by atoms with van der Waals surface area (Å²) in [6.07, 6.45) is -3.51. The molecule has 0 radical (unpaired) electrons. The molecule has 0 spiro atoms. The Morgan fingerprint density at radius 3 is 2.50 bits per heavy atom. The molecular formula is C16H23F3N2O. The third-order valence-corrected chi connectivity index (χ3v) is 4.46. The minimum atomic E-state index is -4.64. The van der Waals surface area contributed by atoms with Gasteiger partial charge >= 0.3 is 6.36 Å². The molecule has 0 N–H and O–H groups in total. The van der Waals surface area contributed by atoms with Gasteiger partial charge in [0.1, 0.15) is 5.75 Å². The number of hydrogen-bond acceptors (Lipinski definition) is 3. The van der Waals surface area contributed by atoms with Crippen molar-refractivity contribution >= 4 is 0 Å². The molecule has 22 heavy (non-hydrogen) atoms. The van der Waals surface area contributed by atoms with E-state index in [2.05, 4.69) is 35.4 Å². The Labute approximate surface area is 129 Å². The van der Waals surface area contributed by atoms with Crippen LogP contribution in [-0.2, 0) is 0 Å². The smallest absolute Gasteiger partial charge is 0.406 e. The first-order valence-corrected chi connectivity index (χ1v) is 7.60. The zero-order valence-electron chi connectivity index (χ0n) is 13.2. The van der Waals surface area contributed by atoms with Gasteiger partial charge in [0.05, 0.1) is 0 Å². The van der Waals surface area contributed by atoms with Gasteiger partial charge in [0.25, 0.3) is 0 Å². The Balaban J connectivity index is 1.97. The minimum absolute atomic E-state index is 0.173. The van der Waals surface area contributed by atoms with Crippen molar-refractivity contribution in [3.05, 3.63) is 29.8 Å².